The average molecular weight is 270 g/mol. The van der Waals surface area contributed by atoms with Crippen LogP contribution >= 0.6 is 0 Å². The Morgan fingerprint density at radius 3 is 2.58 bits per heavy atom. The minimum absolute atomic E-state index is 0.0390. The van der Waals surface area contributed by atoms with E-state index >= 15 is 0 Å². The van der Waals surface area contributed by atoms with Crippen molar-refractivity contribution in [2.75, 3.05) is 6.54 Å². The van der Waals surface area contributed by atoms with Crippen molar-refractivity contribution < 1.29 is 9.90 Å². The minimum atomic E-state index is -0.312. The van der Waals surface area contributed by atoms with E-state index in [4.69, 9.17) is 0 Å². The second kappa shape index (κ2) is 8.54. The molecule has 0 radical (unpaired) electrons. The van der Waals surface area contributed by atoms with E-state index in [1.165, 1.54) is 6.42 Å². The molecule has 4 heteroatoms. The zero-order chi connectivity index (χ0) is 14.3. The van der Waals surface area contributed by atoms with Gasteiger partial charge in [-0.25, -0.2) is 0 Å². The second-order valence-corrected chi connectivity index (χ2v) is 6.17. The first-order valence-corrected chi connectivity index (χ1v) is 7.72. The Bertz CT molecular complexity index is 269. The molecule has 0 aliphatic heterocycles. The topological polar surface area (TPSA) is 61.4 Å². The summed E-state index contributed by atoms with van der Waals surface area (Å²) < 4.78 is 0. The van der Waals surface area contributed by atoms with Crippen LogP contribution in [0.5, 0.6) is 0 Å². The highest BCUT2D eigenvalue weighted by Crippen LogP contribution is 2.18. The second-order valence-electron chi connectivity index (χ2n) is 6.17. The predicted molar refractivity (Wildman–Crippen MR) is 77.9 cm³/mol. The van der Waals surface area contributed by atoms with Crippen molar-refractivity contribution in [3.05, 3.63) is 0 Å². The largest absolute Gasteiger partial charge is 0.392 e. The van der Waals surface area contributed by atoms with E-state index in [2.05, 4.69) is 24.5 Å². The first kappa shape index (κ1) is 16.4. The van der Waals surface area contributed by atoms with Crippen LogP contribution in [0.3, 0.4) is 0 Å². The van der Waals surface area contributed by atoms with Crippen LogP contribution in [0.25, 0.3) is 0 Å². The van der Waals surface area contributed by atoms with Crippen molar-refractivity contribution in [3.8, 4) is 0 Å². The summed E-state index contributed by atoms with van der Waals surface area (Å²) >= 11 is 0. The van der Waals surface area contributed by atoms with Gasteiger partial charge in [-0.15, -0.1) is 0 Å². The molecule has 1 aliphatic carbocycles. The summed E-state index contributed by atoms with van der Waals surface area (Å²) in [6.45, 7) is 6.91. The van der Waals surface area contributed by atoms with Gasteiger partial charge in [0.1, 0.15) is 0 Å². The van der Waals surface area contributed by atoms with Crippen LogP contribution in [0, 0.1) is 5.92 Å². The van der Waals surface area contributed by atoms with Gasteiger partial charge in [-0.3, -0.25) is 4.79 Å². The summed E-state index contributed by atoms with van der Waals surface area (Å²) in [6, 6.07) is -0.168. The van der Waals surface area contributed by atoms with E-state index in [0.29, 0.717) is 5.92 Å². The van der Waals surface area contributed by atoms with E-state index in [1.807, 2.05) is 6.92 Å². The standard InChI is InChI=1S/C15H30N2O2/c1-11(2)9-10-16-15(19)12(3)17-13-7-5-4-6-8-14(13)18/h11-14,17-18H,4-10H2,1-3H3,(H,16,19). The van der Waals surface area contributed by atoms with Gasteiger partial charge in [0, 0.05) is 12.6 Å². The molecule has 3 unspecified atom stereocenters. The molecule has 1 saturated carbocycles. The maximum Gasteiger partial charge on any atom is 0.236 e. The van der Waals surface area contributed by atoms with E-state index in [-0.39, 0.29) is 24.1 Å². The predicted octanol–water partition coefficient (Wildman–Crippen LogP) is 1.82. The fourth-order valence-electron chi connectivity index (χ4n) is 2.52. The van der Waals surface area contributed by atoms with E-state index in [1.54, 1.807) is 0 Å². The van der Waals surface area contributed by atoms with Gasteiger partial charge < -0.3 is 15.7 Å². The number of rotatable bonds is 6. The Hall–Kier alpha value is -0.610. The Morgan fingerprint density at radius 2 is 1.89 bits per heavy atom. The summed E-state index contributed by atoms with van der Waals surface area (Å²) in [6.07, 6.45) is 5.91. The fourth-order valence-corrected chi connectivity index (χ4v) is 2.52. The van der Waals surface area contributed by atoms with Crippen LogP contribution in [-0.2, 0) is 4.79 Å². The number of aliphatic hydroxyl groups is 1. The number of hydrogen-bond acceptors (Lipinski definition) is 3. The lowest BCUT2D eigenvalue weighted by atomic mass is 10.0. The van der Waals surface area contributed by atoms with Crippen molar-refractivity contribution in [1.29, 1.82) is 0 Å². The monoisotopic (exact) mass is 270 g/mol. The lowest BCUT2D eigenvalue weighted by Gasteiger charge is -2.25. The summed E-state index contributed by atoms with van der Waals surface area (Å²) in [5.41, 5.74) is 0. The summed E-state index contributed by atoms with van der Waals surface area (Å²) in [5.74, 6) is 0.643. The lowest BCUT2D eigenvalue weighted by Crippen LogP contribution is -2.50. The molecule has 0 heterocycles. The average Bonchev–Trinajstić information content (AvgIpc) is 2.54. The number of hydrogen-bond donors (Lipinski definition) is 3. The molecule has 3 N–H and O–H groups in total. The third-order valence-electron chi connectivity index (χ3n) is 3.86. The van der Waals surface area contributed by atoms with Gasteiger partial charge >= 0.3 is 0 Å². The third kappa shape index (κ3) is 6.39. The molecular weight excluding hydrogens is 240 g/mol. The Balaban J connectivity index is 2.31. The highest BCUT2D eigenvalue weighted by Gasteiger charge is 2.24. The quantitative estimate of drug-likeness (QED) is 0.645. The molecule has 112 valence electrons. The summed E-state index contributed by atoms with van der Waals surface area (Å²) in [5, 5.41) is 16.3. The van der Waals surface area contributed by atoms with Crippen LogP contribution in [-0.4, -0.2) is 35.7 Å². The van der Waals surface area contributed by atoms with Gasteiger partial charge in [0.2, 0.25) is 5.91 Å². The van der Waals surface area contributed by atoms with Gasteiger partial charge in [0.05, 0.1) is 12.1 Å². The molecular formula is C15H30N2O2. The summed E-state index contributed by atoms with van der Waals surface area (Å²) in [7, 11) is 0. The third-order valence-corrected chi connectivity index (χ3v) is 3.86. The maximum atomic E-state index is 11.9. The fraction of sp³-hybridized carbons (Fsp3) is 0.933. The number of aliphatic hydroxyl groups excluding tert-OH is 1. The van der Waals surface area contributed by atoms with Crippen LogP contribution in [0.15, 0.2) is 0 Å². The lowest BCUT2D eigenvalue weighted by molar-refractivity contribution is -0.123. The normalized spacial score (nSPS) is 25.9. The van der Waals surface area contributed by atoms with Crippen molar-refractivity contribution in [3.63, 3.8) is 0 Å². The van der Waals surface area contributed by atoms with Gasteiger partial charge in [-0.1, -0.05) is 33.1 Å². The van der Waals surface area contributed by atoms with E-state index in [9.17, 15) is 9.90 Å². The molecule has 0 spiro atoms. The molecule has 0 bridgehead atoms. The Kier molecular flexibility index (Phi) is 7.39. The van der Waals surface area contributed by atoms with E-state index in [0.717, 1.165) is 38.6 Å². The van der Waals surface area contributed by atoms with Gasteiger partial charge in [-0.2, -0.15) is 0 Å². The van der Waals surface area contributed by atoms with Gasteiger partial charge in [0.25, 0.3) is 0 Å². The van der Waals surface area contributed by atoms with Crippen molar-refractivity contribution in [2.45, 2.75) is 77.5 Å². The molecule has 1 fully saturated rings. The van der Waals surface area contributed by atoms with Crippen molar-refractivity contribution in [2.24, 2.45) is 5.92 Å². The zero-order valence-corrected chi connectivity index (χ0v) is 12.6. The molecule has 4 nitrogen and oxygen atoms in total. The van der Waals surface area contributed by atoms with Crippen molar-refractivity contribution >= 4 is 5.91 Å². The molecule has 0 aromatic carbocycles. The van der Waals surface area contributed by atoms with Crippen LogP contribution in [0.4, 0.5) is 0 Å². The zero-order valence-electron chi connectivity index (χ0n) is 12.6. The number of nitrogens with one attached hydrogen (secondary N) is 2. The van der Waals surface area contributed by atoms with E-state index < -0.39 is 0 Å². The minimum Gasteiger partial charge on any atom is -0.392 e. The maximum absolute atomic E-state index is 11.9. The van der Waals surface area contributed by atoms with Crippen LogP contribution in [0.2, 0.25) is 0 Å². The number of carbonyl (C=O) groups is 1. The Morgan fingerprint density at radius 1 is 1.21 bits per heavy atom. The molecule has 0 aromatic rings. The molecule has 0 aromatic heterocycles. The first-order chi connectivity index (χ1) is 9.00. The molecule has 1 aliphatic rings. The number of carbonyl (C=O) groups excluding carboxylic acids is 1. The molecule has 0 saturated heterocycles. The van der Waals surface area contributed by atoms with Crippen LogP contribution in [0.1, 0.15) is 59.3 Å². The van der Waals surface area contributed by atoms with Crippen LogP contribution < -0.4 is 10.6 Å². The van der Waals surface area contributed by atoms with Gasteiger partial charge in [0.15, 0.2) is 0 Å². The molecule has 19 heavy (non-hydrogen) atoms. The Labute approximate surface area is 117 Å². The smallest absolute Gasteiger partial charge is 0.236 e. The SMILES string of the molecule is CC(C)CCNC(=O)C(C)NC1CCCCCC1O. The number of amides is 1. The van der Waals surface area contributed by atoms with Gasteiger partial charge in [-0.05, 0) is 32.1 Å². The highest BCUT2D eigenvalue weighted by molar-refractivity contribution is 5.81. The van der Waals surface area contributed by atoms with Crippen molar-refractivity contribution in [1.82, 2.24) is 10.6 Å². The summed E-state index contributed by atoms with van der Waals surface area (Å²) in [4.78, 5) is 11.9. The molecule has 1 rings (SSSR count). The molecule has 3 atom stereocenters. The first-order valence-electron chi connectivity index (χ1n) is 7.72. The molecule has 1 amide bonds. The highest BCUT2D eigenvalue weighted by atomic mass is 16.3.